The lowest BCUT2D eigenvalue weighted by atomic mass is 9.99. The maximum atomic E-state index is 13.1. The molecule has 6 heteroatoms. The van der Waals surface area contributed by atoms with Gasteiger partial charge in [-0.2, -0.15) is 0 Å². The number of aryl methyl sites for hydroxylation is 2. The Kier molecular flexibility index (Phi) is 7.33. The second-order valence-electron chi connectivity index (χ2n) is 6.50. The first-order valence-electron chi connectivity index (χ1n) is 8.98. The Morgan fingerprint density at radius 2 is 1.67 bits per heavy atom. The zero-order valence-corrected chi connectivity index (χ0v) is 16.6. The van der Waals surface area contributed by atoms with Crippen LogP contribution in [-0.2, 0) is 19.1 Å². The van der Waals surface area contributed by atoms with E-state index in [9.17, 15) is 9.59 Å². The van der Waals surface area contributed by atoms with Crippen molar-refractivity contribution in [1.82, 2.24) is 9.80 Å². The average molecular weight is 372 g/mol. The van der Waals surface area contributed by atoms with Gasteiger partial charge in [-0.05, 0) is 30.5 Å². The molecule has 146 valence electrons. The number of methoxy groups -OCH3 is 2. The van der Waals surface area contributed by atoms with Gasteiger partial charge in [-0.3, -0.25) is 14.5 Å². The first-order valence-corrected chi connectivity index (χ1v) is 8.98. The van der Waals surface area contributed by atoms with Gasteiger partial charge in [0.25, 0.3) is 11.8 Å². The molecule has 6 nitrogen and oxygen atoms in total. The van der Waals surface area contributed by atoms with Crippen molar-refractivity contribution in [1.29, 1.82) is 0 Å². The third kappa shape index (κ3) is 4.46. The summed E-state index contributed by atoms with van der Waals surface area (Å²) < 4.78 is 10.4. The summed E-state index contributed by atoms with van der Waals surface area (Å²) in [5.41, 5.74) is 3.78. The molecule has 27 heavy (non-hydrogen) atoms. The monoisotopic (exact) mass is 372 g/mol. The van der Waals surface area contributed by atoms with E-state index in [1.54, 1.807) is 20.3 Å². The largest absolute Gasteiger partial charge is 0.383 e. The van der Waals surface area contributed by atoms with Gasteiger partial charge in [0.15, 0.2) is 0 Å². The smallest absolute Gasteiger partial charge is 0.278 e. The third-order valence-corrected chi connectivity index (χ3v) is 4.70. The van der Waals surface area contributed by atoms with Gasteiger partial charge in [0.1, 0.15) is 5.70 Å². The number of amides is 2. The predicted molar refractivity (Wildman–Crippen MR) is 105 cm³/mol. The van der Waals surface area contributed by atoms with E-state index in [1.165, 1.54) is 4.90 Å². The minimum Gasteiger partial charge on any atom is -0.383 e. The molecule has 2 rings (SSSR count). The number of nitrogens with zero attached hydrogens (tertiary/aromatic N) is 2. The van der Waals surface area contributed by atoms with Crippen LogP contribution < -0.4 is 0 Å². The van der Waals surface area contributed by atoms with Gasteiger partial charge in [-0.25, -0.2) is 0 Å². The molecule has 0 radical (unpaired) electrons. The van der Waals surface area contributed by atoms with Gasteiger partial charge in [-0.1, -0.05) is 24.3 Å². The second-order valence-corrected chi connectivity index (χ2v) is 6.50. The van der Waals surface area contributed by atoms with Gasteiger partial charge in [0.2, 0.25) is 0 Å². The fourth-order valence-electron chi connectivity index (χ4n) is 3.05. The minimum absolute atomic E-state index is 0.178. The molecule has 1 aliphatic rings. The molecule has 2 amide bonds. The fraction of sp³-hybridized carbons (Fsp3) is 0.429. The Bertz CT molecular complexity index is 747. The third-order valence-electron chi connectivity index (χ3n) is 4.70. The molecule has 0 atom stereocenters. The molecular formula is C21H28N2O4. The number of carbonyl (C=O) groups is 2. The zero-order chi connectivity index (χ0) is 20.0. The number of imide groups is 1. The second kappa shape index (κ2) is 9.48. The summed E-state index contributed by atoms with van der Waals surface area (Å²) in [5, 5.41) is 0. The molecule has 1 aromatic carbocycles. The van der Waals surface area contributed by atoms with E-state index in [-0.39, 0.29) is 18.4 Å². The summed E-state index contributed by atoms with van der Waals surface area (Å²) in [5.74, 6) is -0.599. The van der Waals surface area contributed by atoms with E-state index < -0.39 is 0 Å². The van der Waals surface area contributed by atoms with Crippen LogP contribution in [0.3, 0.4) is 0 Å². The maximum absolute atomic E-state index is 13.1. The lowest BCUT2D eigenvalue weighted by molar-refractivity contribution is -0.137. The highest BCUT2D eigenvalue weighted by molar-refractivity contribution is 6.35. The highest BCUT2D eigenvalue weighted by atomic mass is 16.5. The molecule has 0 aromatic heterocycles. The number of ether oxygens (including phenoxy) is 2. The van der Waals surface area contributed by atoms with Crippen molar-refractivity contribution < 1.29 is 19.1 Å². The molecule has 0 N–H and O–H groups in total. The Morgan fingerprint density at radius 3 is 2.19 bits per heavy atom. The summed E-state index contributed by atoms with van der Waals surface area (Å²) >= 11 is 0. The van der Waals surface area contributed by atoms with E-state index in [0.29, 0.717) is 37.6 Å². The van der Waals surface area contributed by atoms with Crippen LogP contribution in [0.2, 0.25) is 0 Å². The van der Waals surface area contributed by atoms with Crippen molar-refractivity contribution in [3.8, 4) is 0 Å². The topological polar surface area (TPSA) is 59.1 Å². The van der Waals surface area contributed by atoms with Gasteiger partial charge in [0, 0.05) is 33.9 Å². The molecular weight excluding hydrogens is 344 g/mol. The van der Waals surface area contributed by atoms with Gasteiger partial charge in [-0.15, -0.1) is 6.58 Å². The van der Waals surface area contributed by atoms with Crippen molar-refractivity contribution in [2.45, 2.75) is 13.8 Å². The Hall–Kier alpha value is -2.44. The van der Waals surface area contributed by atoms with Crippen molar-refractivity contribution in [3.63, 3.8) is 0 Å². The van der Waals surface area contributed by atoms with Crippen LogP contribution in [0.5, 0.6) is 0 Å². The average Bonchev–Trinajstić information content (AvgIpc) is 2.89. The molecule has 0 saturated heterocycles. The quantitative estimate of drug-likeness (QED) is 0.465. The Balaban J connectivity index is 2.58. The molecule has 0 unspecified atom stereocenters. The number of rotatable bonds is 10. The molecule has 0 aliphatic carbocycles. The van der Waals surface area contributed by atoms with Crippen LogP contribution in [0.4, 0.5) is 0 Å². The van der Waals surface area contributed by atoms with Crippen LogP contribution >= 0.6 is 0 Å². The summed E-state index contributed by atoms with van der Waals surface area (Å²) in [6, 6.07) is 5.82. The SMILES string of the molecule is C=CCN1C(=O)C(c2ccc(C)c(C)c2)=C(N(CCOC)CCOC)C1=O. The summed E-state index contributed by atoms with van der Waals surface area (Å²) in [6.45, 7) is 9.72. The van der Waals surface area contributed by atoms with Crippen LogP contribution in [0.15, 0.2) is 36.6 Å². The molecule has 0 bridgehead atoms. The number of carbonyl (C=O) groups excluding carboxylic acids is 2. The predicted octanol–water partition coefficient (Wildman–Crippen LogP) is 2.16. The van der Waals surface area contributed by atoms with Crippen LogP contribution in [-0.4, -0.2) is 68.7 Å². The van der Waals surface area contributed by atoms with Gasteiger partial charge in [0.05, 0.1) is 18.8 Å². The number of hydrogen-bond donors (Lipinski definition) is 0. The maximum Gasteiger partial charge on any atom is 0.278 e. The van der Waals surface area contributed by atoms with Crippen LogP contribution in [0.1, 0.15) is 16.7 Å². The number of benzene rings is 1. The minimum atomic E-state index is -0.305. The molecule has 1 aromatic rings. The van der Waals surface area contributed by atoms with Gasteiger partial charge < -0.3 is 14.4 Å². The standard InChI is InChI=1S/C21H28N2O4/c1-6-9-23-20(24)18(17-8-7-15(2)16(3)14-17)19(21(23)25)22(10-12-26-4)11-13-27-5/h6-8,14H,1,9-13H2,2-5H3. The normalized spacial score (nSPS) is 14.3. The number of hydrogen-bond acceptors (Lipinski definition) is 5. The van der Waals surface area contributed by atoms with E-state index in [2.05, 4.69) is 6.58 Å². The lowest BCUT2D eigenvalue weighted by Gasteiger charge is -2.25. The van der Waals surface area contributed by atoms with Crippen LogP contribution in [0, 0.1) is 13.8 Å². The Morgan fingerprint density at radius 1 is 1.04 bits per heavy atom. The van der Waals surface area contributed by atoms with Gasteiger partial charge >= 0.3 is 0 Å². The molecule has 0 saturated carbocycles. The van der Waals surface area contributed by atoms with Crippen molar-refractivity contribution >= 4 is 17.4 Å². The zero-order valence-electron chi connectivity index (χ0n) is 16.6. The highest BCUT2D eigenvalue weighted by Gasteiger charge is 2.40. The molecule has 0 fully saturated rings. The highest BCUT2D eigenvalue weighted by Crippen LogP contribution is 2.32. The summed E-state index contributed by atoms with van der Waals surface area (Å²) in [7, 11) is 3.22. The summed E-state index contributed by atoms with van der Waals surface area (Å²) in [4.78, 5) is 29.3. The van der Waals surface area contributed by atoms with E-state index in [0.717, 1.165) is 16.7 Å². The van der Waals surface area contributed by atoms with E-state index in [1.807, 2.05) is 36.9 Å². The van der Waals surface area contributed by atoms with E-state index in [4.69, 9.17) is 9.47 Å². The molecule has 0 spiro atoms. The molecule has 1 heterocycles. The fourth-order valence-corrected chi connectivity index (χ4v) is 3.05. The first kappa shape index (κ1) is 20.9. The first-order chi connectivity index (χ1) is 13.0. The van der Waals surface area contributed by atoms with E-state index >= 15 is 0 Å². The summed E-state index contributed by atoms with van der Waals surface area (Å²) in [6.07, 6.45) is 1.56. The van der Waals surface area contributed by atoms with Crippen molar-refractivity contribution in [2.75, 3.05) is 47.1 Å². The Labute approximate surface area is 161 Å². The lowest BCUT2D eigenvalue weighted by Crippen LogP contribution is -2.37. The molecule has 1 aliphatic heterocycles. The van der Waals surface area contributed by atoms with Crippen LogP contribution in [0.25, 0.3) is 5.57 Å². The van der Waals surface area contributed by atoms with Crippen molar-refractivity contribution in [2.24, 2.45) is 0 Å². The van der Waals surface area contributed by atoms with Crippen molar-refractivity contribution in [3.05, 3.63) is 53.2 Å².